The molecule has 0 aliphatic heterocycles. The molecule has 3 N–H and O–H groups in total. The number of thiocarbonyl (C=S) groups is 1. The van der Waals surface area contributed by atoms with Gasteiger partial charge in [0.1, 0.15) is 5.75 Å². The van der Waals surface area contributed by atoms with Gasteiger partial charge in [0.15, 0.2) is 5.11 Å². The third-order valence-corrected chi connectivity index (χ3v) is 4.62. The molecule has 158 valence electrons. The molecule has 0 radical (unpaired) electrons. The lowest BCUT2D eigenvalue weighted by molar-refractivity contribution is 0.0934. The Balaban J connectivity index is 1.43. The molecule has 2 amide bonds. The van der Waals surface area contributed by atoms with Gasteiger partial charge in [0.05, 0.1) is 6.61 Å². The van der Waals surface area contributed by atoms with Crippen LogP contribution in [0.3, 0.4) is 0 Å². The highest BCUT2D eigenvalue weighted by Crippen LogP contribution is 2.13. The molecule has 31 heavy (non-hydrogen) atoms. The summed E-state index contributed by atoms with van der Waals surface area (Å²) in [5.41, 5.74) is 8.08. The molecule has 0 unspecified atom stereocenters. The summed E-state index contributed by atoms with van der Waals surface area (Å²) in [6.07, 6.45) is 0.803. The minimum Gasteiger partial charge on any atom is -0.493 e. The summed E-state index contributed by atoms with van der Waals surface area (Å²) in [4.78, 5) is 24.4. The van der Waals surface area contributed by atoms with Crippen LogP contribution in [0.2, 0.25) is 0 Å². The Morgan fingerprint density at radius 3 is 2.29 bits per heavy atom. The summed E-state index contributed by atoms with van der Waals surface area (Å²) in [6.45, 7) is 2.44. The van der Waals surface area contributed by atoms with Gasteiger partial charge in [-0.1, -0.05) is 48.0 Å². The number of carbonyl (C=O) groups is 2. The number of benzene rings is 3. The van der Waals surface area contributed by atoms with E-state index in [9.17, 15) is 9.59 Å². The molecule has 0 spiro atoms. The molecule has 0 bridgehead atoms. The number of aryl methyl sites for hydroxylation is 1. The van der Waals surface area contributed by atoms with Gasteiger partial charge < -0.3 is 4.74 Å². The van der Waals surface area contributed by atoms with Gasteiger partial charge >= 0.3 is 0 Å². The fourth-order valence-corrected chi connectivity index (χ4v) is 2.96. The van der Waals surface area contributed by atoms with E-state index in [-0.39, 0.29) is 11.0 Å². The first-order valence-electron chi connectivity index (χ1n) is 9.76. The number of rotatable bonds is 6. The van der Waals surface area contributed by atoms with E-state index in [4.69, 9.17) is 17.0 Å². The number of carbonyl (C=O) groups excluding carboxylic acids is 2. The minimum absolute atomic E-state index is 0.00538. The van der Waals surface area contributed by atoms with Crippen LogP contribution in [-0.4, -0.2) is 23.5 Å². The summed E-state index contributed by atoms with van der Waals surface area (Å²) in [5, 5.41) is 2.52. The first kappa shape index (κ1) is 22.0. The van der Waals surface area contributed by atoms with Crippen LogP contribution in [0, 0.1) is 6.92 Å². The van der Waals surface area contributed by atoms with Crippen molar-refractivity contribution in [2.45, 2.75) is 13.3 Å². The fraction of sp³-hybridized carbons (Fsp3) is 0.125. The lowest BCUT2D eigenvalue weighted by Gasteiger charge is -2.11. The normalized spacial score (nSPS) is 10.1. The number of hydrazine groups is 1. The van der Waals surface area contributed by atoms with Gasteiger partial charge in [-0.2, -0.15) is 0 Å². The molecule has 7 heteroatoms. The average Bonchev–Trinajstić information content (AvgIpc) is 2.78. The van der Waals surface area contributed by atoms with Crippen LogP contribution in [0.4, 0.5) is 0 Å². The van der Waals surface area contributed by atoms with Crippen molar-refractivity contribution in [3.63, 3.8) is 0 Å². The maximum absolute atomic E-state index is 12.3. The van der Waals surface area contributed by atoms with Crippen molar-refractivity contribution < 1.29 is 14.3 Å². The zero-order chi connectivity index (χ0) is 22.1. The Hall–Kier alpha value is -3.71. The molecule has 3 aromatic rings. The third-order valence-electron chi connectivity index (χ3n) is 4.42. The van der Waals surface area contributed by atoms with Crippen LogP contribution < -0.4 is 20.9 Å². The van der Waals surface area contributed by atoms with E-state index in [0.29, 0.717) is 23.5 Å². The van der Waals surface area contributed by atoms with E-state index >= 15 is 0 Å². The number of amides is 2. The van der Waals surface area contributed by atoms with E-state index in [1.165, 1.54) is 5.56 Å². The number of ether oxygens (including phenoxy) is 1. The standard InChI is InChI=1S/C24H23N3O3S/c1-17-6-5-9-20(16-17)23(29)26-27-24(31)25-22(28)19-10-12-21(13-11-19)30-15-14-18-7-3-2-4-8-18/h2-13,16H,14-15H2,1H3,(H,26,29)(H2,25,27,28,31). The molecular weight excluding hydrogens is 410 g/mol. The third kappa shape index (κ3) is 6.94. The lowest BCUT2D eigenvalue weighted by Crippen LogP contribution is -2.48. The van der Waals surface area contributed by atoms with Crippen LogP contribution in [0.5, 0.6) is 5.75 Å². The molecule has 0 heterocycles. The van der Waals surface area contributed by atoms with Crippen molar-refractivity contribution in [2.24, 2.45) is 0 Å². The predicted molar refractivity (Wildman–Crippen MR) is 124 cm³/mol. The molecule has 0 aromatic heterocycles. The second-order valence-electron chi connectivity index (χ2n) is 6.84. The molecular formula is C24H23N3O3S. The van der Waals surface area contributed by atoms with Crippen LogP contribution in [0.1, 0.15) is 31.8 Å². The van der Waals surface area contributed by atoms with E-state index in [0.717, 1.165) is 12.0 Å². The zero-order valence-electron chi connectivity index (χ0n) is 17.1. The summed E-state index contributed by atoms with van der Waals surface area (Å²) in [7, 11) is 0. The Kier molecular flexibility index (Phi) is 7.73. The maximum Gasteiger partial charge on any atom is 0.269 e. The van der Waals surface area contributed by atoms with E-state index in [1.54, 1.807) is 42.5 Å². The van der Waals surface area contributed by atoms with Crippen molar-refractivity contribution in [3.05, 3.63) is 101 Å². The van der Waals surface area contributed by atoms with Gasteiger partial charge in [0, 0.05) is 17.5 Å². The molecule has 0 atom stereocenters. The lowest BCUT2D eigenvalue weighted by atomic mass is 10.1. The van der Waals surface area contributed by atoms with Crippen LogP contribution in [-0.2, 0) is 6.42 Å². The highest BCUT2D eigenvalue weighted by molar-refractivity contribution is 7.80. The topological polar surface area (TPSA) is 79.5 Å². The first-order chi connectivity index (χ1) is 15.0. The monoisotopic (exact) mass is 433 g/mol. The zero-order valence-corrected chi connectivity index (χ0v) is 17.9. The number of nitrogens with one attached hydrogen (secondary N) is 3. The van der Waals surface area contributed by atoms with Crippen molar-refractivity contribution in [1.29, 1.82) is 0 Å². The van der Waals surface area contributed by atoms with Gasteiger partial charge in [0.2, 0.25) is 0 Å². The van der Waals surface area contributed by atoms with Crippen LogP contribution >= 0.6 is 12.2 Å². The molecule has 0 aliphatic carbocycles. The van der Waals surface area contributed by atoms with Crippen molar-refractivity contribution in [2.75, 3.05) is 6.61 Å². The molecule has 0 saturated carbocycles. The van der Waals surface area contributed by atoms with Crippen molar-refractivity contribution in [3.8, 4) is 5.75 Å². The SMILES string of the molecule is Cc1cccc(C(=O)NNC(=S)NC(=O)c2ccc(OCCc3ccccc3)cc2)c1. The van der Waals surface area contributed by atoms with E-state index < -0.39 is 5.91 Å². The van der Waals surface area contributed by atoms with Crippen LogP contribution in [0.25, 0.3) is 0 Å². The average molecular weight is 434 g/mol. The second kappa shape index (κ2) is 10.9. The summed E-state index contributed by atoms with van der Waals surface area (Å²) in [5.74, 6) is -0.0611. The summed E-state index contributed by atoms with van der Waals surface area (Å²) in [6, 6.07) is 24.0. The van der Waals surface area contributed by atoms with Gasteiger partial charge in [-0.3, -0.25) is 25.8 Å². The van der Waals surface area contributed by atoms with Gasteiger partial charge in [-0.05, 0) is 61.1 Å². The quantitative estimate of drug-likeness (QED) is 0.409. The Morgan fingerprint density at radius 2 is 1.58 bits per heavy atom. The first-order valence-corrected chi connectivity index (χ1v) is 10.2. The molecule has 0 aliphatic rings. The number of hydrogen-bond donors (Lipinski definition) is 3. The molecule has 6 nitrogen and oxygen atoms in total. The Morgan fingerprint density at radius 1 is 0.839 bits per heavy atom. The summed E-state index contributed by atoms with van der Waals surface area (Å²) < 4.78 is 5.72. The predicted octanol–water partition coefficient (Wildman–Crippen LogP) is 3.57. The van der Waals surface area contributed by atoms with Gasteiger partial charge in [-0.15, -0.1) is 0 Å². The number of hydrogen-bond acceptors (Lipinski definition) is 4. The molecule has 0 saturated heterocycles. The van der Waals surface area contributed by atoms with E-state index in [1.807, 2.05) is 31.2 Å². The largest absolute Gasteiger partial charge is 0.493 e. The minimum atomic E-state index is -0.391. The van der Waals surface area contributed by atoms with Crippen LogP contribution in [0.15, 0.2) is 78.9 Å². The molecule has 3 aromatic carbocycles. The smallest absolute Gasteiger partial charge is 0.269 e. The molecule has 3 rings (SSSR count). The Labute approximate surface area is 186 Å². The second-order valence-corrected chi connectivity index (χ2v) is 7.25. The van der Waals surface area contributed by atoms with E-state index in [2.05, 4.69) is 28.3 Å². The van der Waals surface area contributed by atoms with Gasteiger partial charge in [0.25, 0.3) is 11.8 Å². The Bertz CT molecular complexity index is 1050. The molecule has 0 fully saturated rings. The van der Waals surface area contributed by atoms with Gasteiger partial charge in [-0.25, -0.2) is 0 Å². The summed E-state index contributed by atoms with van der Waals surface area (Å²) >= 11 is 5.07. The highest BCUT2D eigenvalue weighted by atomic mass is 32.1. The van der Waals surface area contributed by atoms with Crippen molar-refractivity contribution >= 4 is 29.1 Å². The highest BCUT2D eigenvalue weighted by Gasteiger charge is 2.10. The maximum atomic E-state index is 12.3. The van der Waals surface area contributed by atoms with Crippen molar-refractivity contribution in [1.82, 2.24) is 16.2 Å². The fourth-order valence-electron chi connectivity index (χ4n) is 2.81.